The van der Waals surface area contributed by atoms with Gasteiger partial charge >= 0.3 is 5.97 Å². The number of nitrogens with zero attached hydrogens (tertiary/aromatic N) is 1. The summed E-state index contributed by atoms with van der Waals surface area (Å²) in [6.45, 7) is 5.84. The van der Waals surface area contributed by atoms with Crippen molar-refractivity contribution in [1.82, 2.24) is 0 Å². The Hall–Kier alpha value is -2.69. The van der Waals surface area contributed by atoms with E-state index in [1.165, 1.54) is 12.1 Å². The van der Waals surface area contributed by atoms with Crippen molar-refractivity contribution in [2.75, 3.05) is 0 Å². The first-order valence-electron chi connectivity index (χ1n) is 7.59. The van der Waals surface area contributed by atoms with Gasteiger partial charge in [-0.05, 0) is 59.5 Å². The molecule has 0 saturated carbocycles. The second-order valence-electron chi connectivity index (χ2n) is 6.58. The standard InChI is InChI=1S/C19H20FNO3/c1-19(2,3)12-18(22)24-23-17-10-4-14(5-11-17)13-21-16-8-6-15(20)7-9-16/h4-11,13H,12H2,1-3H3. The fourth-order valence-corrected chi connectivity index (χ4v) is 1.84. The first-order valence-corrected chi connectivity index (χ1v) is 7.59. The maximum Gasteiger partial charge on any atom is 0.355 e. The third-order valence-corrected chi connectivity index (χ3v) is 2.97. The van der Waals surface area contributed by atoms with Crippen molar-refractivity contribution in [1.29, 1.82) is 0 Å². The molecule has 0 amide bonds. The predicted octanol–water partition coefficient (Wildman–Crippen LogP) is 4.85. The number of benzene rings is 2. The molecule has 0 bridgehead atoms. The smallest absolute Gasteiger partial charge is 0.287 e. The summed E-state index contributed by atoms with van der Waals surface area (Å²) < 4.78 is 12.8. The van der Waals surface area contributed by atoms with Crippen LogP contribution in [0.5, 0.6) is 5.75 Å². The minimum atomic E-state index is -0.413. The molecule has 4 nitrogen and oxygen atoms in total. The summed E-state index contributed by atoms with van der Waals surface area (Å²) in [5, 5.41) is 0. The summed E-state index contributed by atoms with van der Waals surface area (Å²) in [5.74, 6) is -0.280. The summed E-state index contributed by atoms with van der Waals surface area (Å²) in [4.78, 5) is 25.6. The van der Waals surface area contributed by atoms with Crippen LogP contribution < -0.4 is 4.89 Å². The highest BCUT2D eigenvalue weighted by Crippen LogP contribution is 2.20. The highest BCUT2D eigenvalue weighted by Gasteiger charge is 2.18. The minimum absolute atomic E-state index is 0.152. The highest BCUT2D eigenvalue weighted by atomic mass is 19.1. The molecule has 126 valence electrons. The maximum absolute atomic E-state index is 12.8. The van der Waals surface area contributed by atoms with Gasteiger partial charge < -0.3 is 0 Å². The zero-order chi connectivity index (χ0) is 17.6. The van der Waals surface area contributed by atoms with Gasteiger partial charge in [0.2, 0.25) is 0 Å². The van der Waals surface area contributed by atoms with Crippen LogP contribution in [0.4, 0.5) is 10.1 Å². The molecule has 2 aromatic rings. The van der Waals surface area contributed by atoms with Crippen LogP contribution in [-0.2, 0) is 9.68 Å². The first kappa shape index (κ1) is 17.7. The van der Waals surface area contributed by atoms with Gasteiger partial charge in [-0.3, -0.25) is 14.8 Å². The van der Waals surface area contributed by atoms with E-state index in [0.29, 0.717) is 11.4 Å². The first-order chi connectivity index (χ1) is 11.3. The molecule has 0 spiro atoms. The van der Waals surface area contributed by atoms with Crippen LogP contribution in [0, 0.1) is 11.2 Å². The lowest BCUT2D eigenvalue weighted by Gasteiger charge is -2.15. The fourth-order valence-electron chi connectivity index (χ4n) is 1.84. The van der Waals surface area contributed by atoms with Crippen LogP contribution in [0.2, 0.25) is 0 Å². The van der Waals surface area contributed by atoms with Crippen LogP contribution in [0.15, 0.2) is 53.5 Å². The van der Waals surface area contributed by atoms with Gasteiger partial charge in [-0.1, -0.05) is 20.8 Å². The van der Waals surface area contributed by atoms with E-state index in [4.69, 9.17) is 9.78 Å². The van der Waals surface area contributed by atoms with Gasteiger partial charge in [0.05, 0.1) is 12.1 Å². The Morgan fingerprint density at radius 2 is 1.71 bits per heavy atom. The van der Waals surface area contributed by atoms with Gasteiger partial charge in [0.1, 0.15) is 5.82 Å². The Morgan fingerprint density at radius 3 is 2.29 bits per heavy atom. The van der Waals surface area contributed by atoms with Crippen molar-refractivity contribution < 1.29 is 19.0 Å². The quantitative estimate of drug-likeness (QED) is 0.447. The second kappa shape index (κ2) is 7.73. The van der Waals surface area contributed by atoms with E-state index in [2.05, 4.69) is 4.99 Å². The lowest BCUT2D eigenvalue weighted by atomic mass is 9.93. The molecule has 0 atom stereocenters. The second-order valence-corrected chi connectivity index (χ2v) is 6.58. The van der Waals surface area contributed by atoms with Crippen molar-refractivity contribution in [3.05, 3.63) is 59.9 Å². The Bertz CT molecular complexity index is 701. The number of hydrogen-bond donors (Lipinski definition) is 0. The molecule has 0 aliphatic carbocycles. The molecule has 0 fully saturated rings. The lowest BCUT2D eigenvalue weighted by molar-refractivity contribution is -0.215. The van der Waals surface area contributed by atoms with Crippen LogP contribution in [0.3, 0.4) is 0 Å². The highest BCUT2D eigenvalue weighted by molar-refractivity contribution is 5.82. The number of hydrogen-bond acceptors (Lipinski definition) is 4. The van der Waals surface area contributed by atoms with Gasteiger partial charge in [0, 0.05) is 6.21 Å². The number of aliphatic imine (C=N–C) groups is 1. The van der Waals surface area contributed by atoms with Crippen molar-refractivity contribution in [3.63, 3.8) is 0 Å². The third-order valence-electron chi connectivity index (χ3n) is 2.97. The van der Waals surface area contributed by atoms with Crippen molar-refractivity contribution in [2.24, 2.45) is 10.4 Å². The zero-order valence-electron chi connectivity index (χ0n) is 14.0. The van der Waals surface area contributed by atoms with Crippen molar-refractivity contribution >= 4 is 17.9 Å². The Kier molecular flexibility index (Phi) is 5.68. The van der Waals surface area contributed by atoms with E-state index >= 15 is 0 Å². The predicted molar refractivity (Wildman–Crippen MR) is 90.9 cm³/mol. The summed E-state index contributed by atoms with van der Waals surface area (Å²) in [6.07, 6.45) is 1.93. The molecule has 0 aromatic heterocycles. The Balaban J connectivity index is 1.88. The fraction of sp³-hybridized carbons (Fsp3) is 0.263. The van der Waals surface area contributed by atoms with Crippen LogP contribution in [0.25, 0.3) is 0 Å². The molecule has 0 radical (unpaired) electrons. The summed E-state index contributed by atoms with van der Waals surface area (Å²) in [6, 6.07) is 12.8. The van der Waals surface area contributed by atoms with E-state index in [9.17, 15) is 9.18 Å². The molecule has 0 saturated heterocycles. The molecule has 0 unspecified atom stereocenters. The van der Waals surface area contributed by atoms with Crippen molar-refractivity contribution in [3.8, 4) is 5.75 Å². The molecule has 2 rings (SSSR count). The number of rotatable bonds is 5. The minimum Gasteiger partial charge on any atom is -0.287 e. The third kappa shape index (κ3) is 6.20. The van der Waals surface area contributed by atoms with E-state index < -0.39 is 5.97 Å². The molecule has 0 heterocycles. The maximum atomic E-state index is 12.8. The van der Waals surface area contributed by atoms with Gasteiger partial charge in [-0.15, -0.1) is 0 Å². The normalized spacial score (nSPS) is 11.5. The summed E-state index contributed by atoms with van der Waals surface area (Å²) >= 11 is 0. The summed E-state index contributed by atoms with van der Waals surface area (Å²) in [5.41, 5.74) is 1.35. The molecular formula is C19H20FNO3. The molecule has 0 aliphatic heterocycles. The SMILES string of the molecule is CC(C)(C)CC(=O)OOc1ccc(C=Nc2ccc(F)cc2)cc1. The van der Waals surface area contributed by atoms with Crippen LogP contribution >= 0.6 is 0 Å². The molecular weight excluding hydrogens is 309 g/mol. The van der Waals surface area contributed by atoms with Crippen LogP contribution in [-0.4, -0.2) is 12.2 Å². The molecule has 2 aromatic carbocycles. The molecule has 0 aliphatic rings. The molecule has 24 heavy (non-hydrogen) atoms. The number of carbonyl (C=O) groups is 1. The van der Waals surface area contributed by atoms with Crippen LogP contribution in [0.1, 0.15) is 32.8 Å². The number of halogens is 1. The Labute approximate surface area is 140 Å². The summed E-state index contributed by atoms with van der Waals surface area (Å²) in [7, 11) is 0. The largest absolute Gasteiger partial charge is 0.355 e. The monoisotopic (exact) mass is 329 g/mol. The number of carbonyl (C=O) groups excluding carboxylic acids is 1. The van der Waals surface area contributed by atoms with E-state index in [0.717, 1.165) is 5.56 Å². The van der Waals surface area contributed by atoms with Gasteiger partial charge in [0.25, 0.3) is 0 Å². The van der Waals surface area contributed by atoms with Gasteiger partial charge in [0.15, 0.2) is 5.75 Å². The molecule has 5 heteroatoms. The zero-order valence-corrected chi connectivity index (χ0v) is 14.0. The molecule has 0 N–H and O–H groups in total. The van der Waals surface area contributed by atoms with Gasteiger partial charge in [-0.2, -0.15) is 0 Å². The van der Waals surface area contributed by atoms with Gasteiger partial charge in [-0.25, -0.2) is 9.18 Å². The topological polar surface area (TPSA) is 47.9 Å². The average Bonchev–Trinajstić information content (AvgIpc) is 2.52. The van der Waals surface area contributed by atoms with E-state index in [1.807, 2.05) is 20.8 Å². The lowest BCUT2D eigenvalue weighted by Crippen LogP contribution is -2.16. The van der Waals surface area contributed by atoms with E-state index in [-0.39, 0.29) is 17.7 Å². The Morgan fingerprint density at radius 1 is 1.08 bits per heavy atom. The van der Waals surface area contributed by atoms with Crippen molar-refractivity contribution in [2.45, 2.75) is 27.2 Å². The van der Waals surface area contributed by atoms with E-state index in [1.54, 1.807) is 42.6 Å². The average molecular weight is 329 g/mol.